The minimum absolute atomic E-state index is 0.0616. The maximum Gasteiger partial charge on any atom is 0.242 e. The van der Waals surface area contributed by atoms with E-state index in [4.69, 9.17) is 4.74 Å². The molecule has 0 bridgehead atoms. The van der Waals surface area contributed by atoms with Crippen molar-refractivity contribution < 1.29 is 18.7 Å². The van der Waals surface area contributed by atoms with Crippen molar-refractivity contribution in [1.29, 1.82) is 0 Å². The summed E-state index contributed by atoms with van der Waals surface area (Å²) in [6.07, 6.45) is 2.63. The van der Waals surface area contributed by atoms with Gasteiger partial charge in [-0.1, -0.05) is 0 Å². The van der Waals surface area contributed by atoms with Crippen molar-refractivity contribution in [2.75, 3.05) is 19.7 Å². The van der Waals surface area contributed by atoms with Gasteiger partial charge in [0.05, 0.1) is 6.04 Å². The van der Waals surface area contributed by atoms with Crippen LogP contribution in [0.15, 0.2) is 35.7 Å². The summed E-state index contributed by atoms with van der Waals surface area (Å²) in [5.41, 5.74) is 0.682. The molecule has 2 amide bonds. The smallest absolute Gasteiger partial charge is 0.242 e. The normalized spacial score (nSPS) is 18.5. The van der Waals surface area contributed by atoms with Gasteiger partial charge in [0.15, 0.2) is 0 Å². The summed E-state index contributed by atoms with van der Waals surface area (Å²) < 4.78 is 19.1. The number of hydrogen-bond donors (Lipinski definition) is 0. The van der Waals surface area contributed by atoms with Crippen molar-refractivity contribution in [3.05, 3.63) is 52.0 Å². The van der Waals surface area contributed by atoms with Crippen LogP contribution in [0.1, 0.15) is 50.1 Å². The van der Waals surface area contributed by atoms with Gasteiger partial charge in [0.25, 0.3) is 0 Å². The number of carbonyl (C=O) groups excluding carboxylic acids is 2. The Bertz CT molecular complexity index is 946. The summed E-state index contributed by atoms with van der Waals surface area (Å²) >= 11 is 1.69. The Labute approximate surface area is 186 Å². The summed E-state index contributed by atoms with van der Waals surface area (Å²) in [4.78, 5) is 31.1. The number of rotatable bonds is 6. The van der Waals surface area contributed by atoms with Gasteiger partial charge in [0.2, 0.25) is 11.8 Å². The molecule has 1 aliphatic heterocycles. The Morgan fingerprint density at radius 3 is 2.55 bits per heavy atom. The van der Waals surface area contributed by atoms with Crippen molar-refractivity contribution in [1.82, 2.24) is 9.80 Å². The van der Waals surface area contributed by atoms with E-state index in [2.05, 4.69) is 6.07 Å². The summed E-state index contributed by atoms with van der Waals surface area (Å²) in [5, 5.41) is 2.04. The molecule has 31 heavy (non-hydrogen) atoms. The zero-order valence-electron chi connectivity index (χ0n) is 18.3. The Kier molecular flexibility index (Phi) is 6.06. The topological polar surface area (TPSA) is 49.9 Å². The van der Waals surface area contributed by atoms with Crippen LogP contribution in [0.2, 0.25) is 0 Å². The van der Waals surface area contributed by atoms with E-state index < -0.39 is 5.54 Å². The molecule has 7 heteroatoms. The average molecular weight is 445 g/mol. The van der Waals surface area contributed by atoms with Crippen LogP contribution in [0.3, 0.4) is 0 Å². The first-order valence-corrected chi connectivity index (χ1v) is 11.7. The molecule has 166 valence electrons. The van der Waals surface area contributed by atoms with Crippen LogP contribution in [-0.2, 0) is 16.0 Å². The van der Waals surface area contributed by atoms with Gasteiger partial charge in [-0.15, -0.1) is 11.3 Å². The second kappa shape index (κ2) is 8.61. The lowest BCUT2D eigenvalue weighted by Crippen LogP contribution is -2.53. The summed E-state index contributed by atoms with van der Waals surface area (Å²) in [6, 6.07) is 7.72. The molecule has 2 aromatic rings. The van der Waals surface area contributed by atoms with Crippen molar-refractivity contribution in [3.8, 4) is 5.75 Å². The second-order valence-corrected chi connectivity index (χ2v) is 10.3. The molecule has 1 atom stereocenters. The van der Waals surface area contributed by atoms with Crippen LogP contribution in [0.4, 0.5) is 4.39 Å². The third-order valence-corrected chi connectivity index (χ3v) is 6.93. The maximum atomic E-state index is 13.4. The molecule has 0 N–H and O–H groups in total. The first kappa shape index (κ1) is 21.8. The van der Waals surface area contributed by atoms with E-state index in [9.17, 15) is 14.0 Å². The molecule has 4 rings (SSSR count). The second-order valence-electron chi connectivity index (χ2n) is 9.29. The number of halogens is 1. The molecule has 0 spiro atoms. The molecular formula is C24H29FN2O3S. The molecule has 1 fully saturated rings. The minimum Gasteiger partial charge on any atom is -0.491 e. The number of hydrogen-bond acceptors (Lipinski definition) is 4. The van der Waals surface area contributed by atoms with E-state index in [1.165, 1.54) is 17.0 Å². The SMILES string of the molecule is CC(C)(C)N(CC(=O)N1CCc2sccc2[C@@H]1COc1ccc(F)cc1)C(=O)C1CC1. The molecular weight excluding hydrogens is 415 g/mol. The molecule has 1 saturated carbocycles. The zero-order valence-corrected chi connectivity index (χ0v) is 19.1. The Balaban J connectivity index is 1.52. The van der Waals surface area contributed by atoms with E-state index >= 15 is 0 Å². The Morgan fingerprint density at radius 1 is 1.19 bits per heavy atom. The molecule has 0 saturated heterocycles. The first-order valence-electron chi connectivity index (χ1n) is 10.8. The molecule has 1 aromatic carbocycles. The van der Waals surface area contributed by atoms with E-state index in [0.29, 0.717) is 12.3 Å². The zero-order chi connectivity index (χ0) is 22.2. The van der Waals surface area contributed by atoms with E-state index in [1.54, 1.807) is 28.4 Å². The van der Waals surface area contributed by atoms with Crippen LogP contribution in [-0.4, -0.2) is 46.8 Å². The highest BCUT2D eigenvalue weighted by Crippen LogP contribution is 2.36. The fraction of sp³-hybridized carbons (Fsp3) is 0.500. The lowest BCUT2D eigenvalue weighted by atomic mass is 9.99. The van der Waals surface area contributed by atoms with Crippen LogP contribution in [0.5, 0.6) is 5.75 Å². The third kappa shape index (κ3) is 4.92. The van der Waals surface area contributed by atoms with Gasteiger partial charge in [-0.05, 0) is 81.3 Å². The highest BCUT2D eigenvalue weighted by Gasteiger charge is 2.40. The van der Waals surface area contributed by atoms with Gasteiger partial charge in [0, 0.05) is 22.9 Å². The molecule has 0 unspecified atom stereocenters. The van der Waals surface area contributed by atoms with Crippen LogP contribution >= 0.6 is 11.3 Å². The molecule has 0 radical (unpaired) electrons. The van der Waals surface area contributed by atoms with Crippen molar-refractivity contribution in [3.63, 3.8) is 0 Å². The number of thiophene rings is 1. The van der Waals surface area contributed by atoms with E-state index in [0.717, 1.165) is 24.8 Å². The van der Waals surface area contributed by atoms with Crippen molar-refractivity contribution >= 4 is 23.2 Å². The molecule has 1 aromatic heterocycles. The summed E-state index contributed by atoms with van der Waals surface area (Å²) in [7, 11) is 0. The average Bonchev–Trinajstić information content (AvgIpc) is 3.47. The van der Waals surface area contributed by atoms with Crippen LogP contribution in [0, 0.1) is 11.7 Å². The number of nitrogens with zero attached hydrogens (tertiary/aromatic N) is 2. The molecule has 1 aliphatic carbocycles. The molecule has 2 heterocycles. The molecule has 2 aliphatic rings. The van der Waals surface area contributed by atoms with Gasteiger partial charge < -0.3 is 14.5 Å². The Hall–Kier alpha value is -2.41. The van der Waals surface area contributed by atoms with Gasteiger partial charge in [-0.25, -0.2) is 4.39 Å². The largest absolute Gasteiger partial charge is 0.491 e. The summed E-state index contributed by atoms with van der Waals surface area (Å²) in [6.45, 7) is 6.88. The van der Waals surface area contributed by atoms with Crippen LogP contribution in [0.25, 0.3) is 0 Å². The quantitative estimate of drug-likeness (QED) is 0.662. The number of carbonyl (C=O) groups is 2. The number of benzene rings is 1. The van der Waals surface area contributed by atoms with Gasteiger partial charge >= 0.3 is 0 Å². The van der Waals surface area contributed by atoms with E-state index in [-0.39, 0.29) is 42.7 Å². The first-order chi connectivity index (χ1) is 14.7. The lowest BCUT2D eigenvalue weighted by Gasteiger charge is -2.40. The summed E-state index contributed by atoms with van der Waals surface area (Å²) in [5.74, 6) is 0.331. The lowest BCUT2D eigenvalue weighted by molar-refractivity contribution is -0.147. The van der Waals surface area contributed by atoms with E-state index in [1.807, 2.05) is 31.1 Å². The Morgan fingerprint density at radius 2 is 1.90 bits per heavy atom. The number of ether oxygens (including phenoxy) is 1. The predicted molar refractivity (Wildman–Crippen MR) is 119 cm³/mol. The standard InChI is InChI=1S/C24H29FN2O3S/c1-24(2,3)27(23(29)16-4-5-16)14-22(28)26-12-10-21-19(11-13-31-21)20(26)15-30-18-8-6-17(25)7-9-18/h6-9,11,13,16,20H,4-5,10,12,14-15H2,1-3H3/t20-/m0/s1. The number of amides is 2. The van der Waals surface area contributed by atoms with Gasteiger partial charge in [-0.2, -0.15) is 0 Å². The monoisotopic (exact) mass is 444 g/mol. The van der Waals surface area contributed by atoms with Crippen LogP contribution < -0.4 is 4.74 Å². The van der Waals surface area contributed by atoms with Gasteiger partial charge in [-0.3, -0.25) is 9.59 Å². The number of fused-ring (bicyclic) bond motifs is 1. The minimum atomic E-state index is -0.418. The predicted octanol–water partition coefficient (Wildman–Crippen LogP) is 4.43. The highest BCUT2D eigenvalue weighted by molar-refractivity contribution is 7.10. The maximum absolute atomic E-state index is 13.4. The fourth-order valence-corrected chi connectivity index (χ4v) is 4.93. The highest BCUT2D eigenvalue weighted by atomic mass is 32.1. The van der Waals surface area contributed by atoms with Crippen molar-refractivity contribution in [2.45, 2.75) is 51.6 Å². The fourth-order valence-electron chi connectivity index (χ4n) is 4.00. The van der Waals surface area contributed by atoms with Gasteiger partial charge in [0.1, 0.15) is 24.7 Å². The third-order valence-electron chi connectivity index (χ3n) is 5.93. The molecule has 5 nitrogen and oxygen atoms in total. The van der Waals surface area contributed by atoms with Crippen molar-refractivity contribution in [2.24, 2.45) is 5.92 Å².